The third kappa shape index (κ3) is 3.76. The average Bonchev–Trinajstić information content (AvgIpc) is 3.24. The van der Waals surface area contributed by atoms with Crippen molar-refractivity contribution in [1.29, 1.82) is 0 Å². The normalized spacial score (nSPS) is 12.6. The summed E-state index contributed by atoms with van der Waals surface area (Å²) in [6.45, 7) is 3.73. The minimum absolute atomic E-state index is 0.275. The molecule has 5 nitrogen and oxygen atoms in total. The molecule has 0 aliphatic heterocycles. The van der Waals surface area contributed by atoms with E-state index in [0.29, 0.717) is 22.7 Å². The highest BCUT2D eigenvalue weighted by Gasteiger charge is 2.32. The zero-order valence-electron chi connectivity index (χ0n) is 16.2. The number of carbonyl (C=O) groups is 2. The number of benzene rings is 2. The van der Waals surface area contributed by atoms with Crippen LogP contribution in [0.25, 0.3) is 10.4 Å². The minimum atomic E-state index is -0.711. The van der Waals surface area contributed by atoms with Crippen molar-refractivity contribution < 1.29 is 19.1 Å². The van der Waals surface area contributed by atoms with Crippen molar-refractivity contribution in [3.63, 3.8) is 0 Å². The first-order valence-corrected chi connectivity index (χ1v) is 10.3. The molecule has 1 N–H and O–H groups in total. The average molecular weight is 407 g/mol. The molecule has 0 spiro atoms. The Morgan fingerprint density at radius 1 is 1.10 bits per heavy atom. The standard InChI is InChI=1S/C23H21NO4S/c1-3-27-23(26)19-18-13-15-9-7-8-12-17(15)20(18)29-22(19)24-21(25)14(2)28-16-10-5-4-6-11-16/h4-12,14H,3,13H2,1-2H3,(H,24,25)/t14-/m0/s1. The van der Waals surface area contributed by atoms with Gasteiger partial charge in [-0.1, -0.05) is 42.5 Å². The van der Waals surface area contributed by atoms with E-state index in [2.05, 4.69) is 11.4 Å². The van der Waals surface area contributed by atoms with Crippen LogP contribution < -0.4 is 10.1 Å². The van der Waals surface area contributed by atoms with E-state index >= 15 is 0 Å². The van der Waals surface area contributed by atoms with Gasteiger partial charge in [0.05, 0.1) is 12.2 Å². The number of anilines is 1. The molecule has 1 aliphatic carbocycles. The van der Waals surface area contributed by atoms with Crippen LogP contribution in [0.3, 0.4) is 0 Å². The van der Waals surface area contributed by atoms with Gasteiger partial charge in [0.15, 0.2) is 6.10 Å². The summed E-state index contributed by atoms with van der Waals surface area (Å²) in [5.41, 5.74) is 3.65. The molecule has 1 aliphatic rings. The summed E-state index contributed by atoms with van der Waals surface area (Å²) in [5, 5.41) is 3.39. The van der Waals surface area contributed by atoms with Crippen LogP contribution in [0, 0.1) is 0 Å². The van der Waals surface area contributed by atoms with Crippen molar-refractivity contribution in [1.82, 2.24) is 0 Å². The van der Waals surface area contributed by atoms with Gasteiger partial charge in [0.1, 0.15) is 10.8 Å². The number of esters is 1. The Morgan fingerprint density at radius 3 is 2.59 bits per heavy atom. The lowest BCUT2D eigenvalue weighted by molar-refractivity contribution is -0.122. The Morgan fingerprint density at radius 2 is 1.83 bits per heavy atom. The Balaban J connectivity index is 1.62. The Labute approximate surface area is 173 Å². The number of fused-ring (bicyclic) bond motifs is 3. The van der Waals surface area contributed by atoms with E-state index < -0.39 is 12.1 Å². The van der Waals surface area contributed by atoms with Crippen molar-refractivity contribution in [2.24, 2.45) is 0 Å². The van der Waals surface area contributed by atoms with E-state index in [1.165, 1.54) is 16.9 Å². The van der Waals surface area contributed by atoms with Crippen molar-refractivity contribution in [3.05, 3.63) is 71.3 Å². The molecule has 1 atom stereocenters. The fourth-order valence-electron chi connectivity index (χ4n) is 3.42. The van der Waals surface area contributed by atoms with Crippen LogP contribution in [0.4, 0.5) is 5.00 Å². The zero-order valence-corrected chi connectivity index (χ0v) is 17.0. The maximum Gasteiger partial charge on any atom is 0.341 e. The topological polar surface area (TPSA) is 64.6 Å². The van der Waals surface area contributed by atoms with Gasteiger partial charge in [-0.05, 0) is 42.7 Å². The van der Waals surface area contributed by atoms with Gasteiger partial charge in [0.2, 0.25) is 0 Å². The van der Waals surface area contributed by atoms with Gasteiger partial charge in [-0.2, -0.15) is 0 Å². The summed E-state index contributed by atoms with van der Waals surface area (Å²) >= 11 is 1.41. The van der Waals surface area contributed by atoms with Crippen LogP contribution in [-0.4, -0.2) is 24.6 Å². The quantitative estimate of drug-likeness (QED) is 0.462. The minimum Gasteiger partial charge on any atom is -0.481 e. The second kappa shape index (κ2) is 8.09. The summed E-state index contributed by atoms with van der Waals surface area (Å²) in [5.74, 6) is -0.110. The van der Waals surface area contributed by atoms with Crippen molar-refractivity contribution in [3.8, 4) is 16.2 Å². The van der Waals surface area contributed by atoms with Crippen LogP contribution in [0.5, 0.6) is 5.75 Å². The van der Waals surface area contributed by atoms with E-state index in [1.54, 1.807) is 26.0 Å². The molecule has 0 saturated carbocycles. The van der Waals surface area contributed by atoms with Gasteiger partial charge in [-0.3, -0.25) is 4.79 Å². The summed E-state index contributed by atoms with van der Waals surface area (Å²) in [6, 6.07) is 17.2. The highest BCUT2D eigenvalue weighted by molar-refractivity contribution is 7.20. The molecular weight excluding hydrogens is 386 g/mol. The third-order valence-corrected chi connectivity index (χ3v) is 5.96. The van der Waals surface area contributed by atoms with Crippen LogP contribution in [0.15, 0.2) is 54.6 Å². The second-order valence-electron chi connectivity index (χ2n) is 6.73. The van der Waals surface area contributed by atoms with Crippen LogP contribution in [-0.2, 0) is 16.0 Å². The fraction of sp³-hybridized carbons (Fsp3) is 0.217. The fourth-order valence-corrected chi connectivity index (χ4v) is 4.69. The highest BCUT2D eigenvalue weighted by Crippen LogP contribution is 2.47. The predicted octanol–water partition coefficient (Wildman–Crippen LogP) is 4.90. The Hall–Kier alpha value is -3.12. The smallest absolute Gasteiger partial charge is 0.341 e. The van der Waals surface area contributed by atoms with E-state index in [1.807, 2.05) is 36.4 Å². The van der Waals surface area contributed by atoms with E-state index in [0.717, 1.165) is 16.0 Å². The van der Waals surface area contributed by atoms with Crippen molar-refractivity contribution in [2.45, 2.75) is 26.4 Å². The van der Waals surface area contributed by atoms with Gasteiger partial charge in [0.25, 0.3) is 5.91 Å². The van der Waals surface area contributed by atoms with E-state index in [-0.39, 0.29) is 12.5 Å². The highest BCUT2D eigenvalue weighted by atomic mass is 32.1. The van der Waals surface area contributed by atoms with Crippen LogP contribution in [0.1, 0.15) is 35.3 Å². The lowest BCUT2D eigenvalue weighted by Gasteiger charge is -2.15. The third-order valence-electron chi connectivity index (χ3n) is 4.78. The molecule has 6 heteroatoms. The van der Waals surface area contributed by atoms with Gasteiger partial charge in [-0.25, -0.2) is 4.79 Å². The summed E-state index contributed by atoms with van der Waals surface area (Å²) in [6.07, 6.45) is -0.0566. The molecule has 0 unspecified atom stereocenters. The lowest BCUT2D eigenvalue weighted by Crippen LogP contribution is -2.30. The summed E-state index contributed by atoms with van der Waals surface area (Å²) < 4.78 is 11.0. The first-order valence-electron chi connectivity index (χ1n) is 9.52. The van der Waals surface area contributed by atoms with Crippen molar-refractivity contribution in [2.75, 3.05) is 11.9 Å². The number of nitrogens with one attached hydrogen (secondary N) is 1. The monoisotopic (exact) mass is 407 g/mol. The number of ether oxygens (including phenoxy) is 2. The first-order chi connectivity index (χ1) is 14.1. The second-order valence-corrected chi connectivity index (χ2v) is 7.75. The molecule has 4 rings (SSSR count). The van der Waals surface area contributed by atoms with Gasteiger partial charge in [-0.15, -0.1) is 11.3 Å². The summed E-state index contributed by atoms with van der Waals surface area (Å²) in [7, 11) is 0. The zero-order chi connectivity index (χ0) is 20.4. The number of hydrogen-bond donors (Lipinski definition) is 1. The molecule has 1 aromatic heterocycles. The molecule has 1 amide bonds. The number of amides is 1. The molecule has 148 valence electrons. The molecule has 0 fully saturated rings. The molecule has 1 heterocycles. The molecule has 29 heavy (non-hydrogen) atoms. The number of para-hydroxylation sites is 1. The van der Waals surface area contributed by atoms with Gasteiger partial charge < -0.3 is 14.8 Å². The molecule has 0 radical (unpaired) electrons. The lowest BCUT2D eigenvalue weighted by atomic mass is 10.1. The number of thiophene rings is 1. The molecule has 0 saturated heterocycles. The number of carbonyl (C=O) groups excluding carboxylic acids is 2. The maximum absolute atomic E-state index is 12.7. The van der Waals surface area contributed by atoms with Crippen LogP contribution >= 0.6 is 11.3 Å². The van der Waals surface area contributed by atoms with Crippen LogP contribution in [0.2, 0.25) is 0 Å². The Kier molecular flexibility index (Phi) is 5.36. The molecule has 3 aromatic rings. The first kappa shape index (κ1) is 19.2. The largest absolute Gasteiger partial charge is 0.481 e. The molecular formula is C23H21NO4S. The van der Waals surface area contributed by atoms with Gasteiger partial charge in [0, 0.05) is 11.3 Å². The van der Waals surface area contributed by atoms with Gasteiger partial charge >= 0.3 is 5.97 Å². The number of rotatable bonds is 6. The molecule has 2 aromatic carbocycles. The predicted molar refractivity (Wildman–Crippen MR) is 114 cm³/mol. The van der Waals surface area contributed by atoms with E-state index in [4.69, 9.17) is 9.47 Å². The number of hydrogen-bond acceptors (Lipinski definition) is 5. The maximum atomic E-state index is 12.7. The summed E-state index contributed by atoms with van der Waals surface area (Å²) in [4.78, 5) is 26.4. The van der Waals surface area contributed by atoms with Crippen molar-refractivity contribution >= 4 is 28.2 Å². The SMILES string of the molecule is CCOC(=O)c1c(NC(=O)[C@H](C)Oc2ccccc2)sc2c1Cc1ccccc1-2. The van der Waals surface area contributed by atoms with E-state index in [9.17, 15) is 9.59 Å². The Bertz CT molecular complexity index is 1060. The molecule has 0 bridgehead atoms.